The fourth-order valence-electron chi connectivity index (χ4n) is 0.768. The van der Waals surface area contributed by atoms with Crippen molar-refractivity contribution in [3.8, 4) is 0 Å². The molecule has 3 N–H and O–H groups in total. The molecule has 5 nitrogen and oxygen atoms in total. The first kappa shape index (κ1) is 7.59. The lowest BCUT2D eigenvalue weighted by Gasteiger charge is -2.06. The van der Waals surface area contributed by atoms with Crippen LogP contribution in [-0.4, -0.2) is 21.2 Å². The van der Waals surface area contributed by atoms with E-state index in [4.69, 9.17) is 5.11 Å². The van der Waals surface area contributed by atoms with Crippen molar-refractivity contribution in [2.45, 2.75) is 13.0 Å². The third-order valence-corrected chi connectivity index (χ3v) is 1.27. The van der Waals surface area contributed by atoms with Crippen LogP contribution in [0.25, 0.3) is 0 Å². The van der Waals surface area contributed by atoms with Gasteiger partial charge in [-0.05, 0) is 6.92 Å². The molecule has 0 saturated heterocycles. The highest BCUT2D eigenvalue weighted by atomic mass is 16.4. The molecule has 1 aromatic rings. The van der Waals surface area contributed by atoms with Gasteiger partial charge in [0.1, 0.15) is 5.82 Å². The molecule has 0 saturated carbocycles. The number of rotatable bonds is 2. The lowest BCUT2D eigenvalue weighted by Crippen LogP contribution is -2.25. The van der Waals surface area contributed by atoms with E-state index >= 15 is 0 Å². The van der Waals surface area contributed by atoms with Crippen LogP contribution in [0.3, 0.4) is 0 Å². The molecule has 1 atom stereocenters. The molecule has 0 aliphatic rings. The number of nitrogens with zero attached hydrogens (tertiary/aromatic N) is 1. The van der Waals surface area contributed by atoms with Crippen LogP contribution in [-0.2, 0) is 0 Å². The van der Waals surface area contributed by atoms with E-state index in [0.717, 1.165) is 0 Å². The van der Waals surface area contributed by atoms with Crippen molar-refractivity contribution >= 4 is 6.09 Å². The largest absolute Gasteiger partial charge is 0.465 e. The average Bonchev–Trinajstić information content (AvgIpc) is 2.35. The van der Waals surface area contributed by atoms with Crippen molar-refractivity contribution in [2.24, 2.45) is 0 Å². The van der Waals surface area contributed by atoms with Crippen LogP contribution < -0.4 is 5.32 Å². The van der Waals surface area contributed by atoms with Gasteiger partial charge in [-0.2, -0.15) is 0 Å². The van der Waals surface area contributed by atoms with Crippen LogP contribution >= 0.6 is 0 Å². The van der Waals surface area contributed by atoms with Gasteiger partial charge in [0.2, 0.25) is 0 Å². The Morgan fingerprint density at radius 2 is 2.64 bits per heavy atom. The van der Waals surface area contributed by atoms with Gasteiger partial charge in [-0.25, -0.2) is 9.78 Å². The molecule has 1 rings (SSSR count). The third-order valence-electron chi connectivity index (χ3n) is 1.27. The molecule has 1 aromatic heterocycles. The molecule has 0 aromatic carbocycles. The van der Waals surface area contributed by atoms with E-state index in [1.807, 2.05) is 0 Å². The maximum atomic E-state index is 10.2. The molecule has 0 fully saturated rings. The van der Waals surface area contributed by atoms with E-state index in [9.17, 15) is 4.79 Å². The molecule has 5 heteroatoms. The maximum Gasteiger partial charge on any atom is 0.405 e. The molecule has 60 valence electrons. The summed E-state index contributed by atoms with van der Waals surface area (Å²) in [4.78, 5) is 16.8. The predicted octanol–water partition coefficient (Wildman–Crippen LogP) is 0.738. The molecular formula is C6H9N3O2. The number of aromatic nitrogens is 2. The molecule has 0 aliphatic carbocycles. The Morgan fingerprint density at radius 3 is 3.09 bits per heavy atom. The Morgan fingerprint density at radius 1 is 1.91 bits per heavy atom. The van der Waals surface area contributed by atoms with Gasteiger partial charge < -0.3 is 15.4 Å². The Balaban J connectivity index is 2.56. The predicted molar refractivity (Wildman–Crippen MR) is 38.2 cm³/mol. The fourth-order valence-corrected chi connectivity index (χ4v) is 0.768. The molecule has 0 spiro atoms. The van der Waals surface area contributed by atoms with Crippen LogP contribution in [0.5, 0.6) is 0 Å². The zero-order valence-electron chi connectivity index (χ0n) is 6.03. The molecule has 0 radical (unpaired) electrons. The van der Waals surface area contributed by atoms with Crippen molar-refractivity contribution in [3.05, 3.63) is 18.2 Å². The number of carbonyl (C=O) groups is 1. The van der Waals surface area contributed by atoms with E-state index in [1.54, 1.807) is 19.3 Å². The Hall–Kier alpha value is -1.52. The highest BCUT2D eigenvalue weighted by molar-refractivity contribution is 5.64. The van der Waals surface area contributed by atoms with E-state index in [-0.39, 0.29) is 6.04 Å². The highest BCUT2D eigenvalue weighted by Crippen LogP contribution is 2.03. The first-order valence-corrected chi connectivity index (χ1v) is 3.19. The van der Waals surface area contributed by atoms with Crippen LogP contribution in [0.15, 0.2) is 12.4 Å². The topological polar surface area (TPSA) is 78.0 Å². The SMILES string of the molecule is CC(NC(=O)O)c1ncc[nH]1. The minimum atomic E-state index is -1.05. The van der Waals surface area contributed by atoms with Gasteiger partial charge in [0.25, 0.3) is 0 Å². The van der Waals surface area contributed by atoms with E-state index in [1.165, 1.54) is 0 Å². The third kappa shape index (κ3) is 1.96. The Labute approximate surface area is 63.5 Å². The normalized spacial score (nSPS) is 12.5. The van der Waals surface area contributed by atoms with Crippen molar-refractivity contribution in [3.63, 3.8) is 0 Å². The van der Waals surface area contributed by atoms with Crippen molar-refractivity contribution in [1.29, 1.82) is 0 Å². The quantitative estimate of drug-likeness (QED) is 0.589. The van der Waals surface area contributed by atoms with E-state index in [2.05, 4.69) is 15.3 Å². The number of nitrogens with one attached hydrogen (secondary N) is 2. The van der Waals surface area contributed by atoms with Crippen LogP contribution in [0, 0.1) is 0 Å². The van der Waals surface area contributed by atoms with Gasteiger partial charge in [0.15, 0.2) is 0 Å². The minimum absolute atomic E-state index is 0.289. The highest BCUT2D eigenvalue weighted by Gasteiger charge is 2.08. The Bertz CT molecular complexity index is 232. The van der Waals surface area contributed by atoms with Gasteiger partial charge in [0.05, 0.1) is 6.04 Å². The zero-order valence-corrected chi connectivity index (χ0v) is 6.03. The van der Waals surface area contributed by atoms with Crippen molar-refractivity contribution in [2.75, 3.05) is 0 Å². The molecule has 1 amide bonds. The van der Waals surface area contributed by atoms with E-state index < -0.39 is 6.09 Å². The van der Waals surface area contributed by atoms with E-state index in [0.29, 0.717) is 5.82 Å². The number of hydrogen-bond donors (Lipinski definition) is 3. The average molecular weight is 155 g/mol. The first-order chi connectivity index (χ1) is 5.20. The van der Waals surface area contributed by atoms with Gasteiger partial charge in [-0.1, -0.05) is 0 Å². The maximum absolute atomic E-state index is 10.2. The second-order valence-corrected chi connectivity index (χ2v) is 2.15. The second kappa shape index (κ2) is 3.05. The molecule has 0 aliphatic heterocycles. The lowest BCUT2D eigenvalue weighted by atomic mass is 10.3. The molecule has 0 bridgehead atoms. The summed E-state index contributed by atoms with van der Waals surface area (Å²) in [7, 11) is 0. The molecule has 11 heavy (non-hydrogen) atoms. The summed E-state index contributed by atoms with van der Waals surface area (Å²) in [6, 6.07) is -0.289. The van der Waals surface area contributed by atoms with Gasteiger partial charge >= 0.3 is 6.09 Å². The summed E-state index contributed by atoms with van der Waals surface area (Å²) in [5.74, 6) is 0.618. The van der Waals surface area contributed by atoms with Crippen molar-refractivity contribution in [1.82, 2.24) is 15.3 Å². The number of aromatic amines is 1. The molecular weight excluding hydrogens is 146 g/mol. The smallest absolute Gasteiger partial charge is 0.405 e. The zero-order chi connectivity index (χ0) is 8.27. The second-order valence-electron chi connectivity index (χ2n) is 2.15. The van der Waals surface area contributed by atoms with Crippen LogP contribution in [0.1, 0.15) is 18.8 Å². The van der Waals surface area contributed by atoms with Gasteiger partial charge in [-0.15, -0.1) is 0 Å². The molecule has 1 heterocycles. The summed E-state index contributed by atoms with van der Waals surface area (Å²) < 4.78 is 0. The number of amides is 1. The van der Waals surface area contributed by atoms with Crippen LogP contribution in [0.2, 0.25) is 0 Å². The summed E-state index contributed by atoms with van der Waals surface area (Å²) in [5.41, 5.74) is 0. The van der Waals surface area contributed by atoms with Gasteiger partial charge in [0, 0.05) is 12.4 Å². The summed E-state index contributed by atoms with van der Waals surface area (Å²) in [6.07, 6.45) is 2.18. The minimum Gasteiger partial charge on any atom is -0.465 e. The number of H-pyrrole nitrogens is 1. The summed E-state index contributed by atoms with van der Waals surface area (Å²) in [6.45, 7) is 1.72. The van der Waals surface area contributed by atoms with Crippen molar-refractivity contribution < 1.29 is 9.90 Å². The number of hydrogen-bond acceptors (Lipinski definition) is 2. The first-order valence-electron chi connectivity index (χ1n) is 3.19. The summed E-state index contributed by atoms with van der Waals surface area (Å²) >= 11 is 0. The standard InChI is InChI=1S/C6H9N3O2/c1-4(9-6(10)11)5-7-2-3-8-5/h2-4,9H,1H3,(H,7,8)(H,10,11). The lowest BCUT2D eigenvalue weighted by molar-refractivity contribution is 0.190. The monoisotopic (exact) mass is 155 g/mol. The van der Waals surface area contributed by atoms with Crippen LogP contribution in [0.4, 0.5) is 4.79 Å². The number of carboxylic acid groups (broad SMARTS) is 1. The summed E-state index contributed by atoms with van der Waals surface area (Å²) in [5, 5.41) is 10.6. The number of imidazole rings is 1. The van der Waals surface area contributed by atoms with Gasteiger partial charge in [-0.3, -0.25) is 0 Å². The Kier molecular flexibility index (Phi) is 2.10. The molecule has 1 unspecified atom stereocenters. The fraction of sp³-hybridized carbons (Fsp3) is 0.333.